The summed E-state index contributed by atoms with van der Waals surface area (Å²) in [4.78, 5) is 2.33. The summed E-state index contributed by atoms with van der Waals surface area (Å²) >= 11 is 1.84. The van der Waals surface area contributed by atoms with Crippen molar-refractivity contribution in [3.05, 3.63) is 152 Å². The van der Waals surface area contributed by atoms with Crippen molar-refractivity contribution >= 4 is 81.3 Å². The third-order valence-corrected chi connectivity index (χ3v) is 9.59. The van der Waals surface area contributed by atoms with E-state index in [1.807, 2.05) is 11.3 Å². The zero-order chi connectivity index (χ0) is 28.3. The molecule has 0 spiro atoms. The van der Waals surface area contributed by atoms with Gasteiger partial charge in [0.05, 0.1) is 5.69 Å². The Morgan fingerprint density at radius 1 is 0.465 bits per heavy atom. The maximum Gasteiger partial charge on any atom is 0.159 e. The van der Waals surface area contributed by atoms with Crippen LogP contribution in [-0.4, -0.2) is 0 Å². The average Bonchev–Trinajstić information content (AvgIpc) is 3.64. The molecule has 0 aliphatic rings. The summed E-state index contributed by atoms with van der Waals surface area (Å²) in [5, 5.41) is 7.24. The number of nitrogens with zero attached hydrogens (tertiary/aromatic N) is 1. The van der Waals surface area contributed by atoms with Crippen LogP contribution in [0.1, 0.15) is 0 Å². The number of rotatable bonds is 4. The van der Waals surface area contributed by atoms with Crippen LogP contribution in [0, 0.1) is 0 Å². The second-order valence-corrected chi connectivity index (χ2v) is 12.0. The fourth-order valence-corrected chi connectivity index (χ4v) is 7.54. The van der Waals surface area contributed by atoms with E-state index in [9.17, 15) is 0 Å². The molecule has 3 heteroatoms. The lowest BCUT2D eigenvalue weighted by molar-refractivity contribution is 0.669. The van der Waals surface area contributed by atoms with Gasteiger partial charge in [-0.1, -0.05) is 97.1 Å². The normalized spacial score (nSPS) is 11.7. The molecule has 0 aliphatic heterocycles. The first kappa shape index (κ1) is 24.2. The molecule has 0 radical (unpaired) electrons. The van der Waals surface area contributed by atoms with Gasteiger partial charge in [0.2, 0.25) is 0 Å². The molecule has 2 nitrogen and oxygen atoms in total. The molecule has 0 bridgehead atoms. The highest BCUT2D eigenvalue weighted by atomic mass is 32.1. The molecule has 0 atom stereocenters. The smallest absolute Gasteiger partial charge is 0.159 e. The van der Waals surface area contributed by atoms with Crippen molar-refractivity contribution in [1.29, 1.82) is 0 Å². The van der Waals surface area contributed by atoms with Crippen LogP contribution in [0.2, 0.25) is 0 Å². The summed E-state index contributed by atoms with van der Waals surface area (Å²) in [6, 6.07) is 54.2. The minimum atomic E-state index is 0.885. The SMILES string of the molecule is c1ccc(-c2ccc3c(ccc4oc5c(N(c6ccccc6)c6ccc7sc8ccccc8c7c6)cccc5c43)c2)cc1. The summed E-state index contributed by atoms with van der Waals surface area (Å²) in [6.45, 7) is 0. The Morgan fingerprint density at radius 2 is 1.23 bits per heavy atom. The van der Waals surface area contributed by atoms with Crippen molar-refractivity contribution in [3.8, 4) is 11.1 Å². The number of anilines is 3. The van der Waals surface area contributed by atoms with E-state index < -0.39 is 0 Å². The van der Waals surface area contributed by atoms with Crippen LogP contribution >= 0.6 is 11.3 Å². The van der Waals surface area contributed by atoms with Crippen LogP contribution < -0.4 is 4.90 Å². The molecule has 2 heterocycles. The Morgan fingerprint density at radius 3 is 2.12 bits per heavy atom. The van der Waals surface area contributed by atoms with Crippen LogP contribution in [0.5, 0.6) is 0 Å². The Kier molecular flexibility index (Phi) is 5.40. The van der Waals surface area contributed by atoms with E-state index in [1.165, 1.54) is 42.1 Å². The van der Waals surface area contributed by atoms with Crippen molar-refractivity contribution in [2.75, 3.05) is 4.90 Å². The summed E-state index contributed by atoms with van der Waals surface area (Å²) in [7, 11) is 0. The molecule has 9 aromatic rings. The van der Waals surface area contributed by atoms with Crippen molar-refractivity contribution in [2.45, 2.75) is 0 Å². The maximum atomic E-state index is 6.73. The molecule has 0 N–H and O–H groups in total. The maximum absolute atomic E-state index is 6.73. The molecule has 0 aliphatic carbocycles. The minimum absolute atomic E-state index is 0.885. The molecule has 9 rings (SSSR count). The van der Waals surface area contributed by atoms with Gasteiger partial charge in [0, 0.05) is 42.3 Å². The summed E-state index contributed by atoms with van der Waals surface area (Å²) in [5.41, 5.74) is 7.43. The highest BCUT2D eigenvalue weighted by Crippen LogP contribution is 2.45. The quantitative estimate of drug-likeness (QED) is 0.210. The highest BCUT2D eigenvalue weighted by molar-refractivity contribution is 7.25. The lowest BCUT2D eigenvalue weighted by atomic mass is 9.98. The number of hydrogen-bond acceptors (Lipinski definition) is 3. The third-order valence-electron chi connectivity index (χ3n) is 8.44. The second kappa shape index (κ2) is 9.59. The van der Waals surface area contributed by atoms with Crippen LogP contribution in [-0.2, 0) is 0 Å². The van der Waals surface area contributed by atoms with Crippen molar-refractivity contribution in [3.63, 3.8) is 0 Å². The first-order chi connectivity index (χ1) is 21.3. The number of hydrogen-bond donors (Lipinski definition) is 0. The summed E-state index contributed by atoms with van der Waals surface area (Å²) in [6.07, 6.45) is 0. The molecule has 0 saturated carbocycles. The topological polar surface area (TPSA) is 16.4 Å². The number of thiophene rings is 1. The molecule has 0 unspecified atom stereocenters. The van der Waals surface area contributed by atoms with Gasteiger partial charge < -0.3 is 9.32 Å². The van der Waals surface area contributed by atoms with E-state index >= 15 is 0 Å². The van der Waals surface area contributed by atoms with Gasteiger partial charge in [-0.15, -0.1) is 11.3 Å². The van der Waals surface area contributed by atoms with E-state index in [4.69, 9.17) is 4.42 Å². The van der Waals surface area contributed by atoms with Gasteiger partial charge in [-0.2, -0.15) is 0 Å². The van der Waals surface area contributed by atoms with Gasteiger partial charge >= 0.3 is 0 Å². The van der Waals surface area contributed by atoms with Gasteiger partial charge in [-0.3, -0.25) is 0 Å². The zero-order valence-corrected chi connectivity index (χ0v) is 24.0. The molecular weight excluding hydrogens is 543 g/mol. The van der Waals surface area contributed by atoms with Crippen LogP contribution in [0.25, 0.3) is 64.0 Å². The third kappa shape index (κ3) is 3.86. The lowest BCUT2D eigenvalue weighted by Gasteiger charge is -2.25. The van der Waals surface area contributed by atoms with E-state index in [1.54, 1.807) is 0 Å². The van der Waals surface area contributed by atoms with E-state index in [-0.39, 0.29) is 0 Å². The van der Waals surface area contributed by atoms with Gasteiger partial charge in [0.1, 0.15) is 5.58 Å². The predicted molar refractivity (Wildman–Crippen MR) is 184 cm³/mol. The molecular formula is C40H25NOS. The monoisotopic (exact) mass is 567 g/mol. The molecule has 2 aromatic heterocycles. The summed E-state index contributed by atoms with van der Waals surface area (Å²) < 4.78 is 9.33. The van der Waals surface area contributed by atoms with Gasteiger partial charge in [-0.05, 0) is 76.5 Å². The van der Waals surface area contributed by atoms with Gasteiger partial charge in [0.15, 0.2) is 5.58 Å². The fourth-order valence-electron chi connectivity index (χ4n) is 6.46. The Labute approximate surface area is 252 Å². The molecule has 0 amide bonds. The Bertz CT molecular complexity index is 2460. The average molecular weight is 568 g/mol. The standard InChI is InChI=1S/C40H25NOS/c1-3-10-26(11-4-1)27-18-21-31-28(24-27)19-22-36-39(31)33-15-9-16-35(40(33)42-36)41(29-12-5-2-6-13-29)30-20-23-38-34(25-30)32-14-7-8-17-37(32)43-38/h1-25H. The predicted octanol–water partition coefficient (Wildman–Crippen LogP) is 12.2. The van der Waals surface area contributed by atoms with Gasteiger partial charge in [0.25, 0.3) is 0 Å². The van der Waals surface area contributed by atoms with Crippen molar-refractivity contribution < 1.29 is 4.42 Å². The molecule has 0 fully saturated rings. The number of furan rings is 1. The van der Waals surface area contributed by atoms with Crippen molar-refractivity contribution in [2.24, 2.45) is 0 Å². The van der Waals surface area contributed by atoms with E-state index in [2.05, 4.69) is 157 Å². The largest absolute Gasteiger partial charge is 0.454 e. The highest BCUT2D eigenvalue weighted by Gasteiger charge is 2.21. The lowest BCUT2D eigenvalue weighted by Crippen LogP contribution is -2.09. The van der Waals surface area contributed by atoms with E-state index in [0.717, 1.165) is 39.0 Å². The van der Waals surface area contributed by atoms with Crippen LogP contribution in [0.3, 0.4) is 0 Å². The zero-order valence-electron chi connectivity index (χ0n) is 23.2. The minimum Gasteiger partial charge on any atom is -0.454 e. The first-order valence-electron chi connectivity index (χ1n) is 14.5. The molecule has 202 valence electrons. The number of para-hydroxylation sites is 2. The Hall–Kier alpha value is -5.38. The van der Waals surface area contributed by atoms with Crippen molar-refractivity contribution in [1.82, 2.24) is 0 Å². The summed E-state index contributed by atoms with van der Waals surface area (Å²) in [5.74, 6) is 0. The fraction of sp³-hybridized carbons (Fsp3) is 0. The molecule has 43 heavy (non-hydrogen) atoms. The molecule has 0 saturated heterocycles. The van der Waals surface area contributed by atoms with Gasteiger partial charge in [-0.25, -0.2) is 0 Å². The van der Waals surface area contributed by atoms with Crippen LogP contribution in [0.4, 0.5) is 17.1 Å². The van der Waals surface area contributed by atoms with Crippen LogP contribution in [0.15, 0.2) is 156 Å². The number of fused-ring (bicyclic) bond motifs is 8. The molecule has 7 aromatic carbocycles. The number of benzene rings is 7. The van der Waals surface area contributed by atoms with E-state index in [0.29, 0.717) is 0 Å². The second-order valence-electron chi connectivity index (χ2n) is 10.9. The Balaban J connectivity index is 1.28. The first-order valence-corrected chi connectivity index (χ1v) is 15.3.